The van der Waals surface area contributed by atoms with E-state index in [-0.39, 0.29) is 0 Å². The third-order valence-corrected chi connectivity index (χ3v) is 2.20. The Kier molecular flexibility index (Phi) is 2.44. The molecule has 2 aromatic heterocycles. The number of hydrogen-bond acceptors (Lipinski definition) is 2. The molecule has 14 heavy (non-hydrogen) atoms. The normalized spacial score (nSPS) is 11.1. The van der Waals surface area contributed by atoms with Crippen molar-refractivity contribution in [2.75, 3.05) is 0 Å². The molecule has 72 valence electrons. The zero-order valence-corrected chi connectivity index (χ0v) is 8.57. The molecule has 0 bridgehead atoms. The van der Waals surface area contributed by atoms with Gasteiger partial charge >= 0.3 is 0 Å². The summed E-state index contributed by atoms with van der Waals surface area (Å²) in [4.78, 5) is 8.76. The average Bonchev–Trinajstić information content (AvgIpc) is 2.18. The molecule has 0 saturated carbocycles. The Morgan fingerprint density at radius 3 is 2.79 bits per heavy atom. The lowest BCUT2D eigenvalue weighted by atomic mass is 10.1. The molecule has 2 heterocycles. The Morgan fingerprint density at radius 1 is 1.14 bits per heavy atom. The van der Waals surface area contributed by atoms with E-state index in [1.54, 1.807) is 0 Å². The molecule has 0 aliphatic heterocycles. The molecule has 0 spiro atoms. The molecule has 0 aromatic carbocycles. The Balaban J connectivity index is 2.53. The molecule has 0 amide bonds. The van der Waals surface area contributed by atoms with Crippen LogP contribution in [0.15, 0.2) is 30.6 Å². The number of rotatable bonds is 2. The van der Waals surface area contributed by atoms with Crippen LogP contribution in [0.3, 0.4) is 0 Å². The Hall–Kier alpha value is -1.44. The number of pyridine rings is 2. The van der Waals surface area contributed by atoms with Gasteiger partial charge in [0.15, 0.2) is 0 Å². The zero-order chi connectivity index (χ0) is 9.97. The number of nitrogens with zero attached hydrogens (tertiary/aromatic N) is 2. The highest BCUT2D eigenvalue weighted by atomic mass is 14.7. The van der Waals surface area contributed by atoms with Crippen LogP contribution in [0.1, 0.15) is 19.5 Å². The van der Waals surface area contributed by atoms with Crippen molar-refractivity contribution in [2.45, 2.75) is 20.3 Å². The average molecular weight is 186 g/mol. The third-order valence-electron chi connectivity index (χ3n) is 2.20. The fourth-order valence-electron chi connectivity index (χ4n) is 1.60. The van der Waals surface area contributed by atoms with Gasteiger partial charge in [-0.25, -0.2) is 0 Å². The van der Waals surface area contributed by atoms with Gasteiger partial charge in [-0.2, -0.15) is 0 Å². The molecule has 0 fully saturated rings. The van der Waals surface area contributed by atoms with Gasteiger partial charge < -0.3 is 0 Å². The Labute approximate surface area is 84.0 Å². The summed E-state index contributed by atoms with van der Waals surface area (Å²) in [5.41, 5.74) is 2.15. The lowest BCUT2D eigenvalue weighted by Gasteiger charge is -2.06. The maximum atomic E-state index is 4.38. The van der Waals surface area contributed by atoms with E-state index in [0.717, 1.165) is 17.6 Å². The number of fused-ring (bicyclic) bond motifs is 1. The van der Waals surface area contributed by atoms with Crippen LogP contribution in [0, 0.1) is 5.92 Å². The van der Waals surface area contributed by atoms with Crippen molar-refractivity contribution in [1.82, 2.24) is 9.97 Å². The van der Waals surface area contributed by atoms with Crippen molar-refractivity contribution >= 4 is 10.9 Å². The van der Waals surface area contributed by atoms with Gasteiger partial charge in [-0.15, -0.1) is 0 Å². The predicted octanol–water partition coefficient (Wildman–Crippen LogP) is 2.83. The van der Waals surface area contributed by atoms with Crippen LogP contribution < -0.4 is 0 Å². The molecule has 0 aliphatic carbocycles. The van der Waals surface area contributed by atoms with Gasteiger partial charge in [0.05, 0.1) is 11.2 Å². The fraction of sp³-hybridized carbons (Fsp3) is 0.333. The van der Waals surface area contributed by atoms with Gasteiger partial charge in [0.2, 0.25) is 0 Å². The molecule has 2 nitrogen and oxygen atoms in total. The number of hydrogen-bond donors (Lipinski definition) is 0. The quantitative estimate of drug-likeness (QED) is 0.720. The summed E-state index contributed by atoms with van der Waals surface area (Å²) in [6.45, 7) is 4.40. The standard InChI is InChI=1S/C12H14N2/c1-9(2)8-11-12-10(5-7-13-11)4-3-6-14-12/h3-7,9H,8H2,1-2H3. The molecule has 0 N–H and O–H groups in total. The molecule has 0 aliphatic rings. The molecule has 0 saturated heterocycles. The molecule has 0 unspecified atom stereocenters. The summed E-state index contributed by atoms with van der Waals surface area (Å²) in [7, 11) is 0. The highest BCUT2D eigenvalue weighted by molar-refractivity contribution is 5.79. The summed E-state index contributed by atoms with van der Waals surface area (Å²) in [5.74, 6) is 0.620. The maximum absolute atomic E-state index is 4.38. The smallest absolute Gasteiger partial charge is 0.0917 e. The minimum atomic E-state index is 0.620. The summed E-state index contributed by atoms with van der Waals surface area (Å²) in [6.07, 6.45) is 4.68. The van der Waals surface area contributed by atoms with Crippen LogP contribution >= 0.6 is 0 Å². The third kappa shape index (κ3) is 1.74. The molecule has 2 rings (SSSR count). The second kappa shape index (κ2) is 3.74. The van der Waals surface area contributed by atoms with Gasteiger partial charge in [-0.1, -0.05) is 19.9 Å². The zero-order valence-electron chi connectivity index (χ0n) is 8.57. The molecule has 0 radical (unpaired) electrons. The summed E-state index contributed by atoms with van der Waals surface area (Å²) < 4.78 is 0. The maximum Gasteiger partial charge on any atom is 0.0917 e. The Morgan fingerprint density at radius 2 is 2.00 bits per heavy atom. The topological polar surface area (TPSA) is 25.8 Å². The van der Waals surface area contributed by atoms with Crippen LogP contribution in [-0.4, -0.2) is 9.97 Å². The lowest BCUT2D eigenvalue weighted by molar-refractivity contribution is 0.638. The monoisotopic (exact) mass is 186 g/mol. The first-order chi connectivity index (χ1) is 6.77. The first-order valence-electron chi connectivity index (χ1n) is 4.96. The van der Waals surface area contributed by atoms with Crippen LogP contribution in [0.25, 0.3) is 10.9 Å². The Bertz CT molecular complexity index is 430. The van der Waals surface area contributed by atoms with Crippen molar-refractivity contribution in [3.05, 3.63) is 36.3 Å². The molecule has 0 atom stereocenters. The minimum absolute atomic E-state index is 0.620. The molecule has 2 heteroatoms. The van der Waals surface area contributed by atoms with Crippen molar-refractivity contribution in [3.63, 3.8) is 0 Å². The van der Waals surface area contributed by atoms with Crippen molar-refractivity contribution in [1.29, 1.82) is 0 Å². The highest BCUT2D eigenvalue weighted by Gasteiger charge is 2.04. The summed E-state index contributed by atoms with van der Waals surface area (Å²) >= 11 is 0. The largest absolute Gasteiger partial charge is 0.259 e. The van der Waals surface area contributed by atoms with Gasteiger partial charge in [-0.3, -0.25) is 9.97 Å². The first-order valence-corrected chi connectivity index (χ1v) is 4.96. The van der Waals surface area contributed by atoms with E-state index in [9.17, 15) is 0 Å². The van der Waals surface area contributed by atoms with Crippen molar-refractivity contribution in [2.24, 2.45) is 5.92 Å². The lowest BCUT2D eigenvalue weighted by Crippen LogP contribution is -1.98. The van der Waals surface area contributed by atoms with Crippen LogP contribution in [0.2, 0.25) is 0 Å². The second-order valence-corrected chi connectivity index (χ2v) is 3.93. The second-order valence-electron chi connectivity index (χ2n) is 3.93. The van der Waals surface area contributed by atoms with Crippen molar-refractivity contribution in [3.8, 4) is 0 Å². The number of aromatic nitrogens is 2. The van der Waals surface area contributed by atoms with Gasteiger partial charge in [0, 0.05) is 17.8 Å². The van der Waals surface area contributed by atoms with E-state index < -0.39 is 0 Å². The van der Waals surface area contributed by atoms with Crippen LogP contribution in [0.4, 0.5) is 0 Å². The molecular weight excluding hydrogens is 172 g/mol. The van der Waals surface area contributed by atoms with E-state index in [4.69, 9.17) is 0 Å². The van der Waals surface area contributed by atoms with E-state index in [0.29, 0.717) is 5.92 Å². The molecule has 2 aromatic rings. The van der Waals surface area contributed by atoms with Crippen LogP contribution in [0.5, 0.6) is 0 Å². The van der Waals surface area contributed by atoms with Gasteiger partial charge in [-0.05, 0) is 24.5 Å². The van der Waals surface area contributed by atoms with E-state index in [1.807, 2.05) is 24.5 Å². The predicted molar refractivity (Wildman–Crippen MR) is 58.1 cm³/mol. The first kappa shape index (κ1) is 9.13. The van der Waals surface area contributed by atoms with Crippen molar-refractivity contribution < 1.29 is 0 Å². The van der Waals surface area contributed by atoms with E-state index >= 15 is 0 Å². The highest BCUT2D eigenvalue weighted by Crippen LogP contribution is 2.16. The van der Waals surface area contributed by atoms with Gasteiger partial charge in [0.25, 0.3) is 0 Å². The SMILES string of the molecule is CC(C)Cc1nccc2cccnc12. The fourth-order valence-corrected chi connectivity index (χ4v) is 1.60. The van der Waals surface area contributed by atoms with Crippen LogP contribution in [-0.2, 0) is 6.42 Å². The van der Waals surface area contributed by atoms with E-state index in [2.05, 4.69) is 29.9 Å². The van der Waals surface area contributed by atoms with Gasteiger partial charge in [0.1, 0.15) is 0 Å². The summed E-state index contributed by atoms with van der Waals surface area (Å²) in [6, 6.07) is 6.04. The molecular formula is C12H14N2. The van der Waals surface area contributed by atoms with E-state index in [1.165, 1.54) is 5.39 Å². The minimum Gasteiger partial charge on any atom is -0.259 e. The summed E-state index contributed by atoms with van der Waals surface area (Å²) in [5, 5.41) is 1.18.